The molecule has 0 aliphatic carbocycles. The lowest BCUT2D eigenvalue weighted by molar-refractivity contribution is -0.127. The molecule has 1 aromatic carbocycles. The van der Waals surface area contributed by atoms with Crippen LogP contribution >= 0.6 is 0 Å². The Morgan fingerprint density at radius 3 is 2.35 bits per heavy atom. The number of aromatic nitrogens is 1. The normalized spacial score (nSPS) is 13.3. The highest BCUT2D eigenvalue weighted by Gasteiger charge is 2.21. The molecule has 0 saturated heterocycles. The first-order valence-corrected chi connectivity index (χ1v) is 14.4. The van der Waals surface area contributed by atoms with Crippen LogP contribution in [-0.2, 0) is 22.7 Å². The zero-order valence-electron chi connectivity index (χ0n) is 25.2. The van der Waals surface area contributed by atoms with E-state index in [0.717, 1.165) is 18.4 Å². The van der Waals surface area contributed by atoms with Crippen molar-refractivity contribution in [3.8, 4) is 0 Å². The van der Waals surface area contributed by atoms with Gasteiger partial charge in [0.15, 0.2) is 0 Å². The van der Waals surface area contributed by atoms with Crippen molar-refractivity contribution in [3.63, 3.8) is 0 Å². The van der Waals surface area contributed by atoms with Crippen molar-refractivity contribution in [2.75, 3.05) is 18.4 Å². The van der Waals surface area contributed by atoms with E-state index in [9.17, 15) is 14.4 Å². The molecule has 43 heavy (non-hydrogen) atoms. The zero-order chi connectivity index (χ0) is 31.2. The second kappa shape index (κ2) is 16.5. The molecule has 0 fully saturated rings. The Morgan fingerprint density at radius 2 is 1.70 bits per heavy atom. The first-order chi connectivity index (χ1) is 20.7. The molecule has 10 nitrogen and oxygen atoms in total. The van der Waals surface area contributed by atoms with Crippen molar-refractivity contribution >= 4 is 29.4 Å². The number of nitrogens with two attached hydrogens (primary N) is 1. The van der Waals surface area contributed by atoms with E-state index in [0.29, 0.717) is 47.7 Å². The third-order valence-corrected chi connectivity index (χ3v) is 6.56. The fourth-order valence-corrected chi connectivity index (χ4v) is 4.45. The summed E-state index contributed by atoms with van der Waals surface area (Å²) in [6.07, 6.45) is 9.91. The zero-order valence-corrected chi connectivity index (χ0v) is 25.2. The van der Waals surface area contributed by atoms with Crippen LogP contribution < -0.4 is 21.7 Å². The van der Waals surface area contributed by atoms with Crippen LogP contribution in [0.5, 0.6) is 0 Å². The molecule has 4 amide bonds. The van der Waals surface area contributed by atoms with Crippen LogP contribution in [0.3, 0.4) is 0 Å². The summed E-state index contributed by atoms with van der Waals surface area (Å²) < 4.78 is 0. The summed E-state index contributed by atoms with van der Waals surface area (Å²) in [7, 11) is 0. The van der Waals surface area contributed by atoms with E-state index in [1.54, 1.807) is 24.4 Å². The van der Waals surface area contributed by atoms with Crippen molar-refractivity contribution in [2.45, 2.75) is 53.1 Å². The molecule has 0 bridgehead atoms. The predicted octanol–water partition coefficient (Wildman–Crippen LogP) is 4.74. The standard InChI is InChI=1S/C33H41N7O3/c1-5-13-40(14-6-2)32(42)27-15-23(4)29(39-30(34)18-27)17-26(7-3)31(41)38-28-16-25(19-35-22-28)21-37-33(43)36-20-24-11-9-8-10-12-24/h7-12,15-17,19,22H,3,5-6,13-14,18,20-21H2,1-2,4H3,(H2,34,39)(H,38,41)(H2,36,37,43)/b26-17+. The number of nitrogens with zero attached hydrogens (tertiary/aromatic N) is 3. The van der Waals surface area contributed by atoms with Crippen molar-refractivity contribution < 1.29 is 14.4 Å². The maximum absolute atomic E-state index is 13.2. The second-order valence-corrected chi connectivity index (χ2v) is 10.2. The lowest BCUT2D eigenvalue weighted by Gasteiger charge is -2.22. The third kappa shape index (κ3) is 10.1. The number of nitrogens with one attached hydrogen (secondary N) is 3. The number of carbonyl (C=O) groups excluding carboxylic acids is 3. The van der Waals surface area contributed by atoms with Gasteiger partial charge in [-0.2, -0.15) is 0 Å². The molecular formula is C33H41N7O3. The Balaban J connectivity index is 1.69. The largest absolute Gasteiger partial charge is 0.387 e. The van der Waals surface area contributed by atoms with Gasteiger partial charge in [-0.05, 0) is 54.7 Å². The van der Waals surface area contributed by atoms with Gasteiger partial charge in [-0.1, -0.05) is 56.8 Å². The molecule has 5 N–H and O–H groups in total. The molecule has 3 rings (SSSR count). The summed E-state index contributed by atoms with van der Waals surface area (Å²) in [5.41, 5.74) is 10.4. The minimum Gasteiger partial charge on any atom is -0.387 e. The van der Waals surface area contributed by atoms with Gasteiger partial charge in [0.1, 0.15) is 5.84 Å². The van der Waals surface area contributed by atoms with Crippen molar-refractivity contribution in [3.05, 3.63) is 107 Å². The van der Waals surface area contributed by atoms with Gasteiger partial charge in [-0.15, -0.1) is 0 Å². The van der Waals surface area contributed by atoms with E-state index in [2.05, 4.69) is 32.5 Å². The number of pyridine rings is 1. The highest BCUT2D eigenvalue weighted by Crippen LogP contribution is 2.22. The molecule has 0 spiro atoms. The van der Waals surface area contributed by atoms with E-state index >= 15 is 0 Å². The van der Waals surface area contributed by atoms with Crippen LogP contribution in [0, 0.1) is 0 Å². The van der Waals surface area contributed by atoms with Crippen LogP contribution in [0.1, 0.15) is 51.2 Å². The Labute approximate surface area is 253 Å². The van der Waals surface area contributed by atoms with Gasteiger partial charge in [0, 0.05) is 49.9 Å². The number of urea groups is 1. The number of amidine groups is 1. The average molecular weight is 584 g/mol. The number of allylic oxidation sites excluding steroid dienone is 3. The highest BCUT2D eigenvalue weighted by atomic mass is 16.2. The summed E-state index contributed by atoms with van der Waals surface area (Å²) in [5, 5.41) is 8.42. The molecule has 2 heterocycles. The summed E-state index contributed by atoms with van der Waals surface area (Å²) in [6, 6.07) is 11.0. The van der Waals surface area contributed by atoms with Crippen molar-refractivity contribution in [1.82, 2.24) is 20.5 Å². The van der Waals surface area contributed by atoms with Crippen LogP contribution in [0.25, 0.3) is 0 Å². The molecule has 1 aromatic heterocycles. The minimum atomic E-state index is -0.418. The van der Waals surface area contributed by atoms with Gasteiger partial charge in [0.05, 0.1) is 17.6 Å². The number of hydrogen-bond acceptors (Lipinski definition) is 6. The van der Waals surface area contributed by atoms with E-state index in [-0.39, 0.29) is 36.3 Å². The van der Waals surface area contributed by atoms with Gasteiger partial charge in [0.25, 0.3) is 5.91 Å². The Morgan fingerprint density at radius 1 is 1.02 bits per heavy atom. The molecule has 0 saturated carbocycles. The summed E-state index contributed by atoms with van der Waals surface area (Å²) in [4.78, 5) is 49.1. The van der Waals surface area contributed by atoms with Crippen molar-refractivity contribution in [2.24, 2.45) is 10.7 Å². The lowest BCUT2D eigenvalue weighted by Crippen LogP contribution is -2.34. The maximum Gasteiger partial charge on any atom is 0.315 e. The highest BCUT2D eigenvalue weighted by molar-refractivity contribution is 6.06. The van der Waals surface area contributed by atoms with Crippen LogP contribution in [0.15, 0.2) is 101 Å². The molecule has 0 atom stereocenters. The van der Waals surface area contributed by atoms with E-state index in [1.165, 1.54) is 12.3 Å². The Bertz CT molecular complexity index is 1440. The van der Waals surface area contributed by atoms with Crippen LogP contribution in [0.4, 0.5) is 10.5 Å². The Hall–Kier alpha value is -4.99. The second-order valence-electron chi connectivity index (χ2n) is 10.2. The van der Waals surface area contributed by atoms with Crippen LogP contribution in [-0.4, -0.2) is 46.7 Å². The molecule has 1 aliphatic rings. The fraction of sp³-hybridized carbons (Fsp3) is 0.303. The monoisotopic (exact) mass is 583 g/mol. The smallest absolute Gasteiger partial charge is 0.315 e. The fourth-order valence-electron chi connectivity index (χ4n) is 4.45. The quantitative estimate of drug-likeness (QED) is 0.199. The number of hydrogen-bond donors (Lipinski definition) is 4. The molecule has 226 valence electrons. The van der Waals surface area contributed by atoms with E-state index in [4.69, 9.17) is 5.73 Å². The van der Waals surface area contributed by atoms with Gasteiger partial charge >= 0.3 is 6.03 Å². The molecule has 1 aliphatic heterocycles. The molecule has 2 aromatic rings. The summed E-state index contributed by atoms with van der Waals surface area (Å²) in [6.45, 7) is 11.7. The van der Waals surface area contributed by atoms with Gasteiger partial charge in [-0.3, -0.25) is 14.6 Å². The Kier molecular flexibility index (Phi) is 12.4. The SMILES string of the molecule is C=C/C(=C\C1=C(C)C=C(C(=O)N(CCC)CCC)CC(N)=N1)C(=O)Nc1cncc(CNC(=O)NCc2ccccc2)c1. The predicted molar refractivity (Wildman–Crippen MR) is 171 cm³/mol. The first kappa shape index (κ1) is 32.5. The number of aliphatic imine (C=N–C) groups is 1. The molecule has 0 radical (unpaired) electrons. The van der Waals surface area contributed by atoms with Gasteiger partial charge < -0.3 is 26.6 Å². The minimum absolute atomic E-state index is 0.0522. The van der Waals surface area contributed by atoms with Crippen LogP contribution in [0.2, 0.25) is 0 Å². The van der Waals surface area contributed by atoms with Crippen molar-refractivity contribution in [1.29, 1.82) is 0 Å². The lowest BCUT2D eigenvalue weighted by atomic mass is 10.1. The number of anilines is 1. The number of carbonyl (C=O) groups is 3. The number of amides is 4. The maximum atomic E-state index is 13.2. The first-order valence-electron chi connectivity index (χ1n) is 14.4. The van der Waals surface area contributed by atoms with Gasteiger partial charge in [-0.25, -0.2) is 9.79 Å². The number of benzene rings is 1. The molecular weight excluding hydrogens is 542 g/mol. The van der Waals surface area contributed by atoms with E-state index < -0.39 is 5.91 Å². The number of rotatable bonds is 13. The van der Waals surface area contributed by atoms with E-state index in [1.807, 2.05) is 56.0 Å². The summed E-state index contributed by atoms with van der Waals surface area (Å²) in [5.74, 6) is -0.182. The molecule has 10 heteroatoms. The summed E-state index contributed by atoms with van der Waals surface area (Å²) >= 11 is 0. The average Bonchev–Trinajstić information content (AvgIpc) is 3.14. The van der Waals surface area contributed by atoms with Gasteiger partial charge in [0.2, 0.25) is 5.91 Å². The topological polar surface area (TPSA) is 142 Å². The third-order valence-electron chi connectivity index (χ3n) is 6.56. The molecule has 0 unspecified atom stereocenters.